The molecular formula is C14H12BrCl2N3O2. The number of aromatic nitrogens is 2. The van der Waals surface area contributed by atoms with Gasteiger partial charge in [0.15, 0.2) is 0 Å². The molecule has 0 N–H and O–H groups in total. The van der Waals surface area contributed by atoms with Crippen molar-refractivity contribution >= 4 is 45.0 Å². The van der Waals surface area contributed by atoms with E-state index in [4.69, 9.17) is 23.2 Å². The van der Waals surface area contributed by atoms with E-state index < -0.39 is 5.56 Å². The van der Waals surface area contributed by atoms with E-state index in [1.54, 1.807) is 7.05 Å². The van der Waals surface area contributed by atoms with Gasteiger partial charge in [-0.05, 0) is 17.7 Å². The average molecular weight is 405 g/mol. The highest BCUT2D eigenvalue weighted by Gasteiger charge is 2.14. The van der Waals surface area contributed by atoms with E-state index >= 15 is 0 Å². The van der Waals surface area contributed by atoms with Crippen molar-refractivity contribution in [3.63, 3.8) is 0 Å². The first-order valence-electron chi connectivity index (χ1n) is 6.28. The van der Waals surface area contributed by atoms with Crippen LogP contribution in [0.3, 0.4) is 0 Å². The summed E-state index contributed by atoms with van der Waals surface area (Å²) in [5.74, 6) is -0.254. The highest BCUT2D eigenvalue weighted by Crippen LogP contribution is 2.15. The Kier molecular flexibility index (Phi) is 5.61. The van der Waals surface area contributed by atoms with Crippen LogP contribution in [-0.2, 0) is 17.9 Å². The summed E-state index contributed by atoms with van der Waals surface area (Å²) in [6.07, 6.45) is 1.24. The van der Waals surface area contributed by atoms with Crippen LogP contribution in [-0.4, -0.2) is 27.6 Å². The zero-order valence-corrected chi connectivity index (χ0v) is 14.7. The van der Waals surface area contributed by atoms with Crippen LogP contribution in [0.5, 0.6) is 0 Å². The van der Waals surface area contributed by atoms with Gasteiger partial charge in [0.2, 0.25) is 5.91 Å². The average Bonchev–Trinajstić information content (AvgIpc) is 2.50. The molecule has 0 radical (unpaired) electrons. The molecule has 0 unspecified atom stereocenters. The van der Waals surface area contributed by atoms with E-state index in [9.17, 15) is 9.59 Å². The highest BCUT2D eigenvalue weighted by atomic mass is 79.9. The monoisotopic (exact) mass is 403 g/mol. The number of hydrogen-bond donors (Lipinski definition) is 0. The zero-order chi connectivity index (χ0) is 16.3. The second-order valence-electron chi connectivity index (χ2n) is 4.65. The van der Waals surface area contributed by atoms with E-state index in [0.717, 1.165) is 14.7 Å². The summed E-state index contributed by atoms with van der Waals surface area (Å²) in [7, 11) is 1.66. The van der Waals surface area contributed by atoms with E-state index in [-0.39, 0.29) is 22.5 Å². The molecule has 0 atom stereocenters. The minimum atomic E-state index is -0.584. The summed E-state index contributed by atoms with van der Waals surface area (Å²) >= 11 is 14.8. The first-order chi connectivity index (χ1) is 10.4. The summed E-state index contributed by atoms with van der Waals surface area (Å²) in [6, 6.07) is 7.63. The van der Waals surface area contributed by atoms with Gasteiger partial charge in [0.25, 0.3) is 5.56 Å². The molecule has 2 rings (SSSR count). The van der Waals surface area contributed by atoms with Crippen molar-refractivity contribution in [3.8, 4) is 0 Å². The summed E-state index contributed by atoms with van der Waals surface area (Å²) in [4.78, 5) is 25.5. The van der Waals surface area contributed by atoms with Crippen LogP contribution in [0, 0.1) is 0 Å². The Hall–Kier alpha value is -1.37. The van der Waals surface area contributed by atoms with Crippen molar-refractivity contribution in [2.75, 3.05) is 7.05 Å². The van der Waals surface area contributed by atoms with Crippen LogP contribution in [0.25, 0.3) is 0 Å². The number of hydrogen-bond acceptors (Lipinski definition) is 3. The molecule has 0 aliphatic carbocycles. The Morgan fingerprint density at radius 1 is 1.32 bits per heavy atom. The number of nitrogens with zero attached hydrogens (tertiary/aromatic N) is 3. The summed E-state index contributed by atoms with van der Waals surface area (Å²) in [5.41, 5.74) is 0.396. The number of rotatable bonds is 4. The fourth-order valence-electron chi connectivity index (χ4n) is 1.76. The number of halogens is 3. The van der Waals surface area contributed by atoms with Crippen LogP contribution in [0.15, 0.2) is 39.7 Å². The number of carbonyl (C=O) groups excluding carboxylic acids is 1. The van der Waals surface area contributed by atoms with Gasteiger partial charge in [0, 0.05) is 18.1 Å². The predicted octanol–water partition coefficient (Wildman–Crippen LogP) is 2.97. The molecule has 22 heavy (non-hydrogen) atoms. The molecule has 116 valence electrons. The van der Waals surface area contributed by atoms with Gasteiger partial charge in [-0.2, -0.15) is 5.10 Å². The van der Waals surface area contributed by atoms with Crippen molar-refractivity contribution in [2.45, 2.75) is 13.1 Å². The van der Waals surface area contributed by atoms with Crippen LogP contribution in [0.1, 0.15) is 5.56 Å². The largest absolute Gasteiger partial charge is 0.340 e. The molecule has 0 bridgehead atoms. The Balaban J connectivity index is 2.07. The molecular weight excluding hydrogens is 393 g/mol. The fraction of sp³-hybridized carbons (Fsp3) is 0.214. The number of amides is 1. The third-order valence-electron chi connectivity index (χ3n) is 2.99. The number of benzene rings is 1. The zero-order valence-electron chi connectivity index (χ0n) is 11.6. The Morgan fingerprint density at radius 3 is 2.59 bits per heavy atom. The van der Waals surface area contributed by atoms with Gasteiger partial charge in [0.1, 0.15) is 11.6 Å². The van der Waals surface area contributed by atoms with E-state index in [1.165, 1.54) is 11.1 Å². The normalized spacial score (nSPS) is 10.5. The van der Waals surface area contributed by atoms with E-state index in [2.05, 4.69) is 21.0 Å². The molecule has 2 aromatic rings. The highest BCUT2D eigenvalue weighted by molar-refractivity contribution is 9.10. The van der Waals surface area contributed by atoms with Crippen molar-refractivity contribution in [1.82, 2.24) is 14.7 Å². The lowest BCUT2D eigenvalue weighted by atomic mass is 10.2. The van der Waals surface area contributed by atoms with Crippen molar-refractivity contribution in [3.05, 3.63) is 60.9 Å². The fourth-order valence-corrected chi connectivity index (χ4v) is 2.29. The Bertz CT molecular complexity index is 747. The lowest BCUT2D eigenvalue weighted by molar-refractivity contribution is -0.131. The second kappa shape index (κ2) is 7.26. The van der Waals surface area contributed by atoms with Crippen LogP contribution in [0.4, 0.5) is 0 Å². The van der Waals surface area contributed by atoms with E-state index in [0.29, 0.717) is 6.54 Å². The SMILES string of the molecule is CN(Cc1ccc(Br)cc1)C(=O)Cn1ncc(Cl)c(Cl)c1=O. The van der Waals surface area contributed by atoms with Crippen LogP contribution >= 0.6 is 39.1 Å². The minimum Gasteiger partial charge on any atom is -0.340 e. The van der Waals surface area contributed by atoms with E-state index in [1.807, 2.05) is 24.3 Å². The van der Waals surface area contributed by atoms with Crippen molar-refractivity contribution < 1.29 is 4.79 Å². The lowest BCUT2D eigenvalue weighted by Crippen LogP contribution is -2.34. The molecule has 1 amide bonds. The smallest absolute Gasteiger partial charge is 0.287 e. The number of likely N-dealkylation sites (N-methyl/N-ethyl adjacent to an activating group) is 1. The molecule has 1 aromatic carbocycles. The molecule has 0 fully saturated rings. The van der Waals surface area contributed by atoms with Crippen LogP contribution in [0.2, 0.25) is 10.0 Å². The van der Waals surface area contributed by atoms with Gasteiger partial charge < -0.3 is 4.90 Å². The summed E-state index contributed by atoms with van der Waals surface area (Å²) < 4.78 is 1.96. The molecule has 0 aliphatic heterocycles. The Labute approximate surface area is 145 Å². The van der Waals surface area contributed by atoms with Gasteiger partial charge in [-0.25, -0.2) is 4.68 Å². The third kappa shape index (κ3) is 4.09. The molecule has 1 aromatic heterocycles. The molecule has 0 saturated carbocycles. The first-order valence-corrected chi connectivity index (χ1v) is 7.83. The molecule has 8 heteroatoms. The van der Waals surface area contributed by atoms with Gasteiger partial charge in [-0.1, -0.05) is 51.3 Å². The van der Waals surface area contributed by atoms with Crippen molar-refractivity contribution in [1.29, 1.82) is 0 Å². The maximum absolute atomic E-state index is 12.2. The molecule has 5 nitrogen and oxygen atoms in total. The molecule has 0 aliphatic rings. The van der Waals surface area contributed by atoms with Gasteiger partial charge >= 0.3 is 0 Å². The van der Waals surface area contributed by atoms with Crippen molar-refractivity contribution in [2.24, 2.45) is 0 Å². The van der Waals surface area contributed by atoms with Crippen LogP contribution < -0.4 is 5.56 Å². The standard InChI is InChI=1S/C14H12BrCl2N3O2/c1-19(7-9-2-4-10(15)5-3-9)12(21)8-20-14(22)13(17)11(16)6-18-20/h2-6H,7-8H2,1H3. The predicted molar refractivity (Wildman–Crippen MR) is 89.1 cm³/mol. The third-order valence-corrected chi connectivity index (χ3v) is 4.26. The molecule has 0 spiro atoms. The van der Waals surface area contributed by atoms with Gasteiger partial charge in [0.05, 0.1) is 11.2 Å². The maximum Gasteiger partial charge on any atom is 0.287 e. The van der Waals surface area contributed by atoms with Gasteiger partial charge in [-0.3, -0.25) is 9.59 Å². The summed E-state index contributed by atoms with van der Waals surface area (Å²) in [6.45, 7) is 0.241. The maximum atomic E-state index is 12.2. The topological polar surface area (TPSA) is 55.2 Å². The quantitative estimate of drug-likeness (QED) is 0.787. The lowest BCUT2D eigenvalue weighted by Gasteiger charge is -2.17. The first kappa shape index (κ1) is 17.0. The second-order valence-corrected chi connectivity index (χ2v) is 6.35. The number of carbonyl (C=O) groups is 1. The minimum absolute atomic E-state index is 0.0681. The van der Waals surface area contributed by atoms with Gasteiger partial charge in [-0.15, -0.1) is 0 Å². The summed E-state index contributed by atoms with van der Waals surface area (Å²) in [5, 5.41) is 3.74. The molecule has 1 heterocycles. The Morgan fingerprint density at radius 2 is 1.95 bits per heavy atom. The molecule has 0 saturated heterocycles.